The molecule has 0 spiro atoms. The molecule has 8 nitrogen and oxygen atoms in total. The van der Waals surface area contributed by atoms with Gasteiger partial charge in [-0.2, -0.15) is 0 Å². The van der Waals surface area contributed by atoms with Crippen LogP contribution in [0.4, 0.5) is 5.95 Å². The zero-order valence-corrected chi connectivity index (χ0v) is 19.3. The second-order valence-corrected chi connectivity index (χ2v) is 10.4. The van der Waals surface area contributed by atoms with Gasteiger partial charge in [-0.3, -0.25) is 4.98 Å². The van der Waals surface area contributed by atoms with Crippen molar-refractivity contribution in [1.29, 1.82) is 0 Å². The van der Waals surface area contributed by atoms with Gasteiger partial charge in [0.1, 0.15) is 0 Å². The highest BCUT2D eigenvalue weighted by atomic mass is 32.2. The van der Waals surface area contributed by atoms with Crippen molar-refractivity contribution in [1.82, 2.24) is 19.5 Å². The average Bonchev–Trinajstić information content (AvgIpc) is 3.14. The molecule has 0 saturated carbocycles. The van der Waals surface area contributed by atoms with Gasteiger partial charge in [0.25, 0.3) is 0 Å². The van der Waals surface area contributed by atoms with E-state index >= 15 is 0 Å². The first kappa shape index (κ1) is 21.7. The molecule has 3 aromatic heterocycles. The summed E-state index contributed by atoms with van der Waals surface area (Å²) in [5.41, 5.74) is 2.60. The number of fused-ring (bicyclic) bond motifs is 1. The highest BCUT2D eigenvalue weighted by Crippen LogP contribution is 2.28. The maximum absolute atomic E-state index is 12.2. The van der Waals surface area contributed by atoms with Crippen LogP contribution in [-0.2, 0) is 21.0 Å². The van der Waals surface area contributed by atoms with Gasteiger partial charge in [-0.15, -0.1) is 0 Å². The van der Waals surface area contributed by atoms with Gasteiger partial charge in [-0.1, -0.05) is 0 Å². The predicted octanol–water partition coefficient (Wildman–Crippen LogP) is 3.02. The molecular formula is C22H29N5O3S. The van der Waals surface area contributed by atoms with Gasteiger partial charge in [-0.05, 0) is 38.8 Å². The van der Waals surface area contributed by atoms with E-state index in [1.54, 1.807) is 25.7 Å². The maximum atomic E-state index is 12.2. The van der Waals surface area contributed by atoms with E-state index in [1.807, 2.05) is 30.5 Å². The molecule has 0 amide bonds. The first-order valence-electron chi connectivity index (χ1n) is 10.6. The lowest BCUT2D eigenvalue weighted by atomic mass is 10.1. The van der Waals surface area contributed by atoms with Crippen LogP contribution in [0, 0.1) is 0 Å². The van der Waals surface area contributed by atoms with E-state index in [1.165, 1.54) is 6.26 Å². The molecule has 1 fully saturated rings. The van der Waals surface area contributed by atoms with Gasteiger partial charge in [0.2, 0.25) is 5.95 Å². The molecule has 0 aromatic carbocycles. The van der Waals surface area contributed by atoms with Crippen LogP contribution in [0.1, 0.15) is 44.1 Å². The Hall–Kier alpha value is -2.52. The number of hydrogen-bond donors (Lipinski definition) is 0. The molecule has 1 aliphatic heterocycles. The van der Waals surface area contributed by atoms with Crippen molar-refractivity contribution in [3.8, 4) is 0 Å². The Bertz CT molecular complexity index is 1180. The summed E-state index contributed by atoms with van der Waals surface area (Å²) in [5.74, 6) is 0.734. The van der Waals surface area contributed by atoms with Crippen LogP contribution in [0.2, 0.25) is 0 Å². The lowest BCUT2D eigenvalue weighted by molar-refractivity contribution is 0.0816. The van der Waals surface area contributed by atoms with Crippen LogP contribution in [0.25, 0.3) is 10.9 Å². The van der Waals surface area contributed by atoms with Crippen molar-refractivity contribution in [2.75, 3.05) is 31.4 Å². The second kappa shape index (κ2) is 8.55. The molecule has 31 heavy (non-hydrogen) atoms. The monoisotopic (exact) mass is 443 g/mol. The van der Waals surface area contributed by atoms with Gasteiger partial charge in [0.05, 0.1) is 22.2 Å². The van der Waals surface area contributed by atoms with E-state index in [-0.39, 0.29) is 6.04 Å². The summed E-state index contributed by atoms with van der Waals surface area (Å²) < 4.78 is 31.9. The van der Waals surface area contributed by atoms with Gasteiger partial charge < -0.3 is 14.2 Å². The van der Waals surface area contributed by atoms with Crippen molar-refractivity contribution in [3.63, 3.8) is 0 Å². The highest BCUT2D eigenvalue weighted by Gasteiger charge is 2.21. The molecule has 0 unspecified atom stereocenters. The fourth-order valence-corrected chi connectivity index (χ4v) is 4.95. The number of sulfone groups is 1. The summed E-state index contributed by atoms with van der Waals surface area (Å²) in [6.07, 6.45) is 9.20. The minimum atomic E-state index is -3.33. The molecule has 1 saturated heterocycles. The van der Waals surface area contributed by atoms with Gasteiger partial charge in [-0.25, -0.2) is 18.4 Å². The largest absolute Gasteiger partial charge is 0.381 e. The minimum absolute atomic E-state index is 0.133. The Labute approximate surface area is 183 Å². The third-order valence-corrected chi connectivity index (χ3v) is 6.94. The Kier molecular flexibility index (Phi) is 5.98. The third-order valence-electron chi connectivity index (χ3n) is 5.82. The van der Waals surface area contributed by atoms with Crippen LogP contribution in [0.3, 0.4) is 0 Å². The van der Waals surface area contributed by atoms with Crippen LogP contribution < -0.4 is 4.90 Å². The van der Waals surface area contributed by atoms with Crippen molar-refractivity contribution in [2.24, 2.45) is 0 Å². The van der Waals surface area contributed by atoms with E-state index in [0.29, 0.717) is 22.8 Å². The van der Waals surface area contributed by atoms with E-state index < -0.39 is 9.84 Å². The Morgan fingerprint density at radius 1 is 1.19 bits per heavy atom. The summed E-state index contributed by atoms with van der Waals surface area (Å²) in [6.45, 7) is 5.83. The van der Waals surface area contributed by atoms with Crippen LogP contribution in [0.5, 0.6) is 0 Å². The van der Waals surface area contributed by atoms with Crippen LogP contribution >= 0.6 is 0 Å². The quantitative estimate of drug-likeness (QED) is 0.578. The minimum Gasteiger partial charge on any atom is -0.381 e. The SMILES string of the molecule is COC1CCN(c2nccc(Cc3cc4c(cn3)c(S(C)(=O)=O)cn4C(C)C)n2)CC1. The van der Waals surface area contributed by atoms with Crippen molar-refractivity contribution < 1.29 is 13.2 Å². The van der Waals surface area contributed by atoms with Crippen LogP contribution in [0.15, 0.2) is 35.6 Å². The van der Waals surface area contributed by atoms with Gasteiger partial charge in [0.15, 0.2) is 9.84 Å². The molecular weight excluding hydrogens is 414 g/mol. The number of rotatable bonds is 6. The zero-order chi connectivity index (χ0) is 22.2. The first-order valence-corrected chi connectivity index (χ1v) is 12.4. The van der Waals surface area contributed by atoms with Crippen LogP contribution in [-0.4, -0.2) is 60.5 Å². The number of aromatic nitrogens is 4. The number of piperidine rings is 1. The lowest BCUT2D eigenvalue weighted by Gasteiger charge is -2.31. The number of pyridine rings is 1. The van der Waals surface area contributed by atoms with E-state index in [9.17, 15) is 8.42 Å². The summed E-state index contributed by atoms with van der Waals surface area (Å²) >= 11 is 0. The van der Waals surface area contributed by atoms with E-state index in [0.717, 1.165) is 48.8 Å². The molecule has 166 valence electrons. The normalized spacial score (nSPS) is 15.8. The van der Waals surface area contributed by atoms with Gasteiger partial charge in [0, 0.05) is 68.6 Å². The van der Waals surface area contributed by atoms with Gasteiger partial charge >= 0.3 is 0 Å². The van der Waals surface area contributed by atoms with Crippen molar-refractivity contribution in [3.05, 3.63) is 42.1 Å². The van der Waals surface area contributed by atoms with Crippen molar-refractivity contribution >= 4 is 26.7 Å². The Balaban J connectivity index is 1.61. The fraction of sp³-hybridized carbons (Fsp3) is 0.500. The number of nitrogens with zero attached hydrogens (tertiary/aromatic N) is 5. The first-order chi connectivity index (χ1) is 14.8. The highest BCUT2D eigenvalue weighted by molar-refractivity contribution is 7.91. The Morgan fingerprint density at radius 3 is 2.58 bits per heavy atom. The predicted molar refractivity (Wildman–Crippen MR) is 120 cm³/mol. The summed E-state index contributed by atoms with van der Waals surface area (Å²) in [5, 5.41) is 0.657. The maximum Gasteiger partial charge on any atom is 0.225 e. The fourth-order valence-electron chi connectivity index (χ4n) is 4.09. The summed E-state index contributed by atoms with van der Waals surface area (Å²) in [7, 11) is -1.57. The topological polar surface area (TPSA) is 90.2 Å². The molecule has 9 heteroatoms. The molecule has 0 radical (unpaired) electrons. The molecule has 0 atom stereocenters. The molecule has 0 bridgehead atoms. The molecule has 3 aromatic rings. The average molecular weight is 444 g/mol. The summed E-state index contributed by atoms with van der Waals surface area (Å²) in [6, 6.07) is 4.00. The molecule has 0 N–H and O–H groups in total. The molecule has 4 heterocycles. The zero-order valence-electron chi connectivity index (χ0n) is 18.4. The van der Waals surface area contributed by atoms with Crippen molar-refractivity contribution in [2.45, 2.75) is 50.2 Å². The third kappa shape index (κ3) is 4.57. The summed E-state index contributed by atoms with van der Waals surface area (Å²) in [4.78, 5) is 16.3. The number of hydrogen-bond acceptors (Lipinski definition) is 7. The number of methoxy groups -OCH3 is 1. The van der Waals surface area contributed by atoms with E-state index in [2.05, 4.69) is 14.9 Å². The Morgan fingerprint density at radius 2 is 1.94 bits per heavy atom. The smallest absolute Gasteiger partial charge is 0.225 e. The lowest BCUT2D eigenvalue weighted by Crippen LogP contribution is -2.37. The standard InChI is InChI=1S/C22H29N5O3S/c1-15(2)27-14-21(31(4,28)29)19-13-24-17(12-20(19)27)11-16-5-8-23-22(25-16)26-9-6-18(30-3)7-10-26/h5,8,12-15,18H,6-7,9-11H2,1-4H3. The van der Waals surface area contributed by atoms with E-state index in [4.69, 9.17) is 9.72 Å². The molecule has 4 rings (SSSR count). The number of anilines is 1. The second-order valence-electron chi connectivity index (χ2n) is 8.41. The molecule has 1 aliphatic rings. The molecule has 0 aliphatic carbocycles. The number of ether oxygens (including phenoxy) is 1.